The van der Waals surface area contributed by atoms with Crippen LogP contribution in [0.15, 0.2) is 30.5 Å². The summed E-state index contributed by atoms with van der Waals surface area (Å²) in [5, 5.41) is 7.39. The quantitative estimate of drug-likeness (QED) is 0.915. The van der Waals surface area contributed by atoms with Gasteiger partial charge in [0.05, 0.1) is 6.20 Å². The highest BCUT2D eigenvalue weighted by atomic mass is 16.2. The molecule has 0 saturated carbocycles. The largest absolute Gasteiger partial charge is 0.311 e. The highest BCUT2D eigenvalue weighted by Crippen LogP contribution is 2.52. The summed E-state index contributed by atoms with van der Waals surface area (Å²) >= 11 is 0. The average molecular weight is 338 g/mol. The van der Waals surface area contributed by atoms with Crippen LogP contribution in [0.4, 0.5) is 11.5 Å². The topological polar surface area (TPSA) is 67.2 Å². The summed E-state index contributed by atoms with van der Waals surface area (Å²) in [6.07, 6.45) is 1.86. The van der Waals surface area contributed by atoms with Crippen molar-refractivity contribution in [3.63, 3.8) is 0 Å². The Balaban J connectivity index is 2.03. The average Bonchev–Trinajstić information content (AvgIpc) is 3.07. The van der Waals surface area contributed by atoms with Crippen molar-refractivity contribution in [1.82, 2.24) is 9.78 Å². The SMILES string of the molecule is CC(C)N1C(=O)[C@@]2(CC(=O)Nc3c2cnn3C(C)C)c2ccccc21. The zero-order valence-electron chi connectivity index (χ0n) is 14.9. The fraction of sp³-hybridized carbons (Fsp3) is 0.421. The van der Waals surface area contributed by atoms with E-state index in [1.54, 1.807) is 10.9 Å². The van der Waals surface area contributed by atoms with Crippen LogP contribution in [0.1, 0.15) is 51.3 Å². The Morgan fingerprint density at radius 3 is 2.48 bits per heavy atom. The highest BCUT2D eigenvalue weighted by Gasteiger charge is 2.57. The van der Waals surface area contributed by atoms with E-state index in [0.29, 0.717) is 5.82 Å². The standard InChI is InChI=1S/C19H22N4O2/c1-11(2)22-15-8-6-5-7-13(15)19(18(22)25)9-16(24)21-17-14(19)10-20-23(17)12(3)4/h5-8,10-12H,9H2,1-4H3,(H,21,24)/t19-/m0/s1. The molecule has 130 valence electrons. The summed E-state index contributed by atoms with van der Waals surface area (Å²) in [5.74, 6) is 0.451. The Morgan fingerprint density at radius 1 is 1.08 bits per heavy atom. The fourth-order valence-corrected chi connectivity index (χ4v) is 4.12. The van der Waals surface area contributed by atoms with Crippen molar-refractivity contribution in [3.8, 4) is 0 Å². The summed E-state index contributed by atoms with van der Waals surface area (Å²) in [7, 11) is 0. The first-order chi connectivity index (χ1) is 11.9. The van der Waals surface area contributed by atoms with Crippen LogP contribution >= 0.6 is 0 Å². The molecule has 6 heteroatoms. The third-order valence-electron chi connectivity index (χ3n) is 5.15. The lowest BCUT2D eigenvalue weighted by atomic mass is 9.72. The second-order valence-corrected chi connectivity index (χ2v) is 7.36. The molecule has 0 unspecified atom stereocenters. The lowest BCUT2D eigenvalue weighted by Gasteiger charge is -2.33. The Bertz CT molecular complexity index is 883. The van der Waals surface area contributed by atoms with Crippen molar-refractivity contribution in [2.24, 2.45) is 0 Å². The predicted molar refractivity (Wildman–Crippen MR) is 95.7 cm³/mol. The van der Waals surface area contributed by atoms with Crippen molar-refractivity contribution in [2.45, 2.75) is 51.6 Å². The van der Waals surface area contributed by atoms with Gasteiger partial charge >= 0.3 is 0 Å². The fourth-order valence-electron chi connectivity index (χ4n) is 4.12. The van der Waals surface area contributed by atoms with Crippen LogP contribution in [-0.2, 0) is 15.0 Å². The number of anilines is 2. The highest BCUT2D eigenvalue weighted by molar-refractivity contribution is 6.15. The second-order valence-electron chi connectivity index (χ2n) is 7.36. The zero-order valence-corrected chi connectivity index (χ0v) is 14.9. The van der Waals surface area contributed by atoms with Crippen LogP contribution in [0, 0.1) is 0 Å². The van der Waals surface area contributed by atoms with Gasteiger partial charge in [0.15, 0.2) is 0 Å². The molecule has 2 amide bonds. The molecule has 0 fully saturated rings. The van der Waals surface area contributed by atoms with E-state index in [9.17, 15) is 9.59 Å². The zero-order chi connectivity index (χ0) is 17.9. The molecule has 0 bridgehead atoms. The molecule has 4 rings (SSSR count). The van der Waals surface area contributed by atoms with Crippen LogP contribution in [0.2, 0.25) is 0 Å². The van der Waals surface area contributed by atoms with Gasteiger partial charge in [-0.1, -0.05) is 18.2 Å². The van der Waals surface area contributed by atoms with Crippen molar-refractivity contribution in [3.05, 3.63) is 41.6 Å². The van der Waals surface area contributed by atoms with E-state index in [1.807, 2.05) is 56.9 Å². The molecular formula is C19H22N4O2. The molecular weight excluding hydrogens is 316 g/mol. The van der Waals surface area contributed by atoms with Crippen LogP contribution in [-0.4, -0.2) is 27.6 Å². The molecule has 2 aliphatic heterocycles. The maximum Gasteiger partial charge on any atom is 0.243 e. The first-order valence-corrected chi connectivity index (χ1v) is 8.69. The Morgan fingerprint density at radius 2 is 1.80 bits per heavy atom. The lowest BCUT2D eigenvalue weighted by molar-refractivity contribution is -0.126. The van der Waals surface area contributed by atoms with Gasteiger partial charge in [-0.15, -0.1) is 0 Å². The molecule has 3 heterocycles. The van der Waals surface area contributed by atoms with Gasteiger partial charge in [-0.3, -0.25) is 9.59 Å². The summed E-state index contributed by atoms with van der Waals surface area (Å²) in [6.45, 7) is 8.00. The first kappa shape index (κ1) is 15.9. The van der Waals surface area contributed by atoms with Crippen molar-refractivity contribution in [1.29, 1.82) is 0 Å². The third kappa shape index (κ3) is 1.94. The number of amides is 2. The Kier molecular flexibility index (Phi) is 3.29. The summed E-state index contributed by atoms with van der Waals surface area (Å²) < 4.78 is 1.78. The minimum absolute atomic E-state index is 0.0154. The van der Waals surface area contributed by atoms with E-state index in [1.165, 1.54) is 0 Å². The Labute approximate surface area is 146 Å². The van der Waals surface area contributed by atoms with Crippen molar-refractivity contribution < 1.29 is 9.59 Å². The molecule has 1 aromatic carbocycles. The third-order valence-corrected chi connectivity index (χ3v) is 5.15. The van der Waals surface area contributed by atoms with Crippen LogP contribution in [0.3, 0.4) is 0 Å². The monoisotopic (exact) mass is 338 g/mol. The molecule has 0 aliphatic carbocycles. The number of fused-ring (bicyclic) bond motifs is 4. The lowest BCUT2D eigenvalue weighted by Crippen LogP contribution is -2.48. The first-order valence-electron chi connectivity index (χ1n) is 8.69. The summed E-state index contributed by atoms with van der Waals surface area (Å²) in [6, 6.07) is 7.89. The van der Waals surface area contributed by atoms with Crippen molar-refractivity contribution >= 4 is 23.3 Å². The smallest absolute Gasteiger partial charge is 0.243 e. The van der Waals surface area contributed by atoms with Gasteiger partial charge in [0.1, 0.15) is 11.2 Å². The molecule has 1 atom stereocenters. The molecule has 0 saturated heterocycles. The van der Waals surface area contributed by atoms with E-state index in [-0.39, 0.29) is 30.3 Å². The molecule has 1 spiro atoms. The number of aromatic nitrogens is 2. The van der Waals surface area contributed by atoms with Gasteiger partial charge in [-0.2, -0.15) is 5.10 Å². The molecule has 0 radical (unpaired) electrons. The van der Waals surface area contributed by atoms with Gasteiger partial charge in [0, 0.05) is 29.8 Å². The minimum atomic E-state index is -0.980. The maximum atomic E-state index is 13.6. The van der Waals surface area contributed by atoms with Crippen LogP contribution in [0.25, 0.3) is 0 Å². The van der Waals surface area contributed by atoms with E-state index in [0.717, 1.165) is 16.8 Å². The van der Waals surface area contributed by atoms with Crippen molar-refractivity contribution in [2.75, 3.05) is 10.2 Å². The Hall–Kier alpha value is -2.63. The number of carbonyl (C=O) groups is 2. The predicted octanol–water partition coefficient (Wildman–Crippen LogP) is 2.85. The number of benzene rings is 1. The van der Waals surface area contributed by atoms with E-state index >= 15 is 0 Å². The van der Waals surface area contributed by atoms with Crippen LogP contribution in [0.5, 0.6) is 0 Å². The molecule has 1 N–H and O–H groups in total. The number of hydrogen-bond acceptors (Lipinski definition) is 3. The summed E-state index contributed by atoms with van der Waals surface area (Å²) in [4.78, 5) is 28.0. The van der Waals surface area contributed by atoms with Gasteiger partial charge in [0.25, 0.3) is 0 Å². The molecule has 1 aromatic heterocycles. The van der Waals surface area contributed by atoms with Gasteiger partial charge < -0.3 is 10.2 Å². The van der Waals surface area contributed by atoms with Gasteiger partial charge in [0.2, 0.25) is 11.8 Å². The summed E-state index contributed by atoms with van der Waals surface area (Å²) in [5.41, 5.74) is 1.60. The number of nitrogens with zero attached hydrogens (tertiary/aromatic N) is 3. The molecule has 25 heavy (non-hydrogen) atoms. The van der Waals surface area contributed by atoms with E-state index in [4.69, 9.17) is 0 Å². The molecule has 2 aromatic rings. The molecule has 2 aliphatic rings. The van der Waals surface area contributed by atoms with Gasteiger partial charge in [-0.05, 0) is 39.3 Å². The number of carbonyl (C=O) groups excluding carboxylic acids is 2. The maximum absolute atomic E-state index is 13.6. The van der Waals surface area contributed by atoms with Crippen LogP contribution < -0.4 is 10.2 Å². The van der Waals surface area contributed by atoms with E-state index in [2.05, 4.69) is 10.4 Å². The van der Waals surface area contributed by atoms with Gasteiger partial charge in [-0.25, -0.2) is 4.68 Å². The number of para-hydroxylation sites is 1. The molecule has 6 nitrogen and oxygen atoms in total. The number of rotatable bonds is 2. The van der Waals surface area contributed by atoms with E-state index < -0.39 is 5.41 Å². The minimum Gasteiger partial charge on any atom is -0.311 e. The normalized spacial score (nSPS) is 21.9. The number of nitrogens with one attached hydrogen (secondary N) is 1. The second kappa shape index (κ2) is 5.18. The number of hydrogen-bond donors (Lipinski definition) is 1.